The van der Waals surface area contributed by atoms with Crippen LogP contribution in [0.15, 0.2) is 68.5 Å². The van der Waals surface area contributed by atoms with Crippen LogP contribution in [0, 0.1) is 83.1 Å². The van der Waals surface area contributed by atoms with E-state index in [1.165, 1.54) is 62.6 Å². The Morgan fingerprint density at radius 2 is 0.442 bits per heavy atom. The van der Waals surface area contributed by atoms with E-state index in [1.807, 2.05) is 0 Å². The molecule has 0 atom stereocenters. The van der Waals surface area contributed by atoms with Crippen LogP contribution >= 0.6 is 0 Å². The first kappa shape index (κ1) is 73.5. The van der Waals surface area contributed by atoms with E-state index < -0.39 is 118 Å². The third-order valence-corrected chi connectivity index (χ3v) is 12.1. The molecule has 0 aromatic heterocycles. The van der Waals surface area contributed by atoms with Crippen molar-refractivity contribution in [3.63, 3.8) is 0 Å². The number of aryl methyl sites for hydroxylation is 12. The molecule has 0 amide bonds. The number of anilines is 2. The van der Waals surface area contributed by atoms with E-state index in [4.69, 9.17) is 0 Å². The van der Waals surface area contributed by atoms with Crippen molar-refractivity contribution in [2.45, 2.75) is 155 Å². The summed E-state index contributed by atoms with van der Waals surface area (Å²) in [5.74, 6) is -67.3. The largest absolute Gasteiger partial charge is 0.460 e. The fourth-order valence-corrected chi connectivity index (χ4v) is 8.09. The smallest absolute Gasteiger partial charge is 0.338 e. The van der Waals surface area contributed by atoms with Crippen molar-refractivity contribution >= 4 is 46.1 Å². The van der Waals surface area contributed by atoms with E-state index in [9.17, 15) is 87.8 Å². The zero-order chi connectivity index (χ0) is 67.4. The van der Waals surface area contributed by atoms with Gasteiger partial charge in [-0.05, 0) is 128 Å². The number of nitrogens with zero attached hydrogens (tertiary/aromatic N) is 4. The molecule has 480 valence electrons. The average Bonchev–Trinajstić information content (AvgIpc) is 1.00. The summed E-state index contributed by atoms with van der Waals surface area (Å²) in [4.78, 5) is 10.4. The third-order valence-electron chi connectivity index (χ3n) is 12.1. The highest BCUT2D eigenvalue weighted by Crippen LogP contribution is 2.53. The van der Waals surface area contributed by atoms with Gasteiger partial charge in [0.1, 0.15) is 0 Å². The molecule has 0 fully saturated rings. The second kappa shape index (κ2) is 24.1. The van der Waals surface area contributed by atoms with Crippen LogP contribution in [-0.2, 0) is 0 Å². The molecule has 4 aromatic carbocycles. The predicted molar refractivity (Wildman–Crippen MR) is 263 cm³/mol. The molecule has 86 heavy (non-hydrogen) atoms. The molecule has 0 radical (unpaired) electrons. The zero-order valence-corrected chi connectivity index (χ0v) is 46.0. The molecule has 6 nitrogen and oxygen atoms in total. The van der Waals surface area contributed by atoms with Gasteiger partial charge in [0.25, 0.3) is 0 Å². The van der Waals surface area contributed by atoms with Crippen LogP contribution in [-0.4, -0.2) is 95.4 Å². The van der Waals surface area contributed by atoms with Crippen molar-refractivity contribution in [2.75, 3.05) is 10.6 Å². The molecule has 0 aliphatic rings. The maximum Gasteiger partial charge on any atom is 0.460 e. The summed E-state index contributed by atoms with van der Waals surface area (Å²) in [6.45, 7) is 14.7. The van der Waals surface area contributed by atoms with E-state index >= 15 is 35.1 Å². The fourth-order valence-electron chi connectivity index (χ4n) is 8.09. The van der Waals surface area contributed by atoms with Crippen molar-refractivity contribution in [3.05, 3.63) is 115 Å². The fraction of sp³-hybridized carbons (Fsp3) is 0.462. The molecular weight excluding hydrogens is 1240 g/mol. The van der Waals surface area contributed by atoms with Gasteiger partial charge >= 0.3 is 72.1 Å². The molecule has 34 heteroatoms. The van der Waals surface area contributed by atoms with Crippen LogP contribution in [0.25, 0.3) is 0 Å². The van der Waals surface area contributed by atoms with Crippen LogP contribution in [0.4, 0.5) is 146 Å². The van der Waals surface area contributed by atoms with E-state index in [-0.39, 0.29) is 44.5 Å². The molecule has 0 saturated carbocycles. The maximum atomic E-state index is 15.0. The minimum Gasteiger partial charge on any atom is -0.338 e. The number of halogens is 28. The monoisotopic (exact) mass is 1290 g/mol. The molecule has 4 aromatic rings. The summed E-state index contributed by atoms with van der Waals surface area (Å²) in [6.07, 6.45) is -28.3. The summed E-state index contributed by atoms with van der Waals surface area (Å²) in [5, 5.41) is 2.72. The number of rotatable bonds is 12. The number of benzene rings is 4. The summed E-state index contributed by atoms with van der Waals surface area (Å²) < 4.78 is 390. The van der Waals surface area contributed by atoms with Crippen LogP contribution in [0.2, 0.25) is 0 Å². The van der Waals surface area contributed by atoms with E-state index in [0.29, 0.717) is 22.3 Å². The first-order valence-corrected chi connectivity index (χ1v) is 23.7. The topological polar surface area (TPSA) is 73.5 Å². The van der Waals surface area contributed by atoms with Gasteiger partial charge in [0.05, 0.1) is 11.4 Å². The normalized spacial score (nSPS) is 14.8. The van der Waals surface area contributed by atoms with Crippen LogP contribution in [0.3, 0.4) is 0 Å². The lowest BCUT2D eigenvalue weighted by Gasteiger charge is -2.31. The zero-order valence-electron chi connectivity index (χ0n) is 46.0. The second-order valence-corrected chi connectivity index (χ2v) is 19.7. The minimum atomic E-state index is -7.11. The van der Waals surface area contributed by atoms with E-state index in [1.54, 1.807) is 0 Å². The van der Waals surface area contributed by atoms with Gasteiger partial charge in [0.15, 0.2) is 11.7 Å². The van der Waals surface area contributed by atoms with Gasteiger partial charge in [0, 0.05) is 11.4 Å². The number of amidine groups is 4. The van der Waals surface area contributed by atoms with Gasteiger partial charge in [-0.25, -0.2) is 20.0 Å². The van der Waals surface area contributed by atoms with Gasteiger partial charge in [-0.1, -0.05) is 70.8 Å². The molecule has 0 bridgehead atoms. The average molecular weight is 1290 g/mol. The molecule has 0 spiro atoms. The molecular formula is C52H46F28N6. The van der Waals surface area contributed by atoms with Crippen molar-refractivity contribution in [1.82, 2.24) is 0 Å². The molecule has 0 saturated heterocycles. The number of aliphatic imine (C=N–C) groups is 4. The quantitative estimate of drug-likeness (QED) is 0.0843. The second-order valence-electron chi connectivity index (χ2n) is 19.7. The number of hydrogen-bond donors (Lipinski definition) is 2. The Labute approximate surface area is 469 Å². The van der Waals surface area contributed by atoms with Gasteiger partial charge in [-0.3, -0.25) is 0 Å². The third kappa shape index (κ3) is 14.3. The van der Waals surface area contributed by atoms with Crippen LogP contribution in [0.1, 0.15) is 66.8 Å². The lowest BCUT2D eigenvalue weighted by atomic mass is 10.0. The molecule has 4 rings (SSSR count). The number of nitrogens with one attached hydrogen (secondary N) is 2. The molecule has 0 aliphatic carbocycles. The molecule has 0 aliphatic heterocycles. The standard InChI is InChI=1S/2C26H23F14N3/c2*1-11-7-13(3)17(14(4)8-11)41-19(21(27,28)23(31,32)25(35,36)37)43-20(22(29,30)24(33,34)26(38,39)40)42-18-15(5)9-12(2)10-16(18)6/h2*7-10H,1-6H3,(H,41,42,43). The van der Waals surface area contributed by atoms with Crippen molar-refractivity contribution in [2.24, 2.45) is 20.0 Å². The summed E-state index contributed by atoms with van der Waals surface area (Å²) in [5.41, 5.74) is -2.75. The summed E-state index contributed by atoms with van der Waals surface area (Å²) in [7, 11) is 0. The Hall–Kier alpha value is -6.80. The first-order chi connectivity index (χ1) is 38.2. The summed E-state index contributed by atoms with van der Waals surface area (Å²) in [6, 6.07) is 9.41. The minimum absolute atomic E-state index is 0.146. The number of hydrogen-bond acceptors (Lipinski definition) is 2. The van der Waals surface area contributed by atoms with Crippen molar-refractivity contribution in [1.29, 1.82) is 0 Å². The van der Waals surface area contributed by atoms with Gasteiger partial charge in [-0.15, -0.1) is 0 Å². The van der Waals surface area contributed by atoms with Crippen molar-refractivity contribution < 1.29 is 123 Å². The SMILES string of the molecule is Cc1cc(C)c(N=C(N=C(Nc2c(C)cc(C)cc2C)C(F)(F)C(F)(F)C(F)(F)F)C(F)(F)C(F)(F)C(F)(F)F)c(C)c1.Cc1cc(C)c(N=C(N=C(Nc2c(C)cc(C)cc2C)C(F)(F)C(F)(F)C(F)(F)F)C(F)(F)C(F)(F)C(F)(F)F)c(C)c1. The maximum absolute atomic E-state index is 15.0. The molecule has 0 heterocycles. The Bertz CT molecular complexity index is 2990. The predicted octanol–water partition coefficient (Wildman–Crippen LogP) is 19.5. The first-order valence-electron chi connectivity index (χ1n) is 23.7. The van der Waals surface area contributed by atoms with E-state index in [2.05, 4.69) is 20.0 Å². The Morgan fingerprint density at radius 3 is 0.628 bits per heavy atom. The van der Waals surface area contributed by atoms with Crippen molar-refractivity contribution in [3.8, 4) is 0 Å². The highest BCUT2D eigenvalue weighted by molar-refractivity contribution is 6.12. The van der Waals surface area contributed by atoms with E-state index in [0.717, 1.165) is 79.7 Å². The van der Waals surface area contributed by atoms with Gasteiger partial charge in [0.2, 0.25) is 11.7 Å². The molecule has 0 unspecified atom stereocenters. The lowest BCUT2D eigenvalue weighted by molar-refractivity contribution is -0.337. The molecule has 2 N–H and O–H groups in total. The van der Waals surface area contributed by atoms with Crippen LogP contribution in [0.5, 0.6) is 0 Å². The van der Waals surface area contributed by atoms with Crippen LogP contribution < -0.4 is 10.6 Å². The highest BCUT2D eigenvalue weighted by atomic mass is 19.5. The van der Waals surface area contributed by atoms with Gasteiger partial charge < -0.3 is 10.6 Å². The Kier molecular flexibility index (Phi) is 20.5. The Morgan fingerprint density at radius 1 is 0.267 bits per heavy atom. The number of alkyl halides is 28. The Balaban J connectivity index is 0.000000450. The lowest BCUT2D eigenvalue weighted by Crippen LogP contribution is -2.59. The highest BCUT2D eigenvalue weighted by Gasteiger charge is 2.79. The van der Waals surface area contributed by atoms with Gasteiger partial charge in [-0.2, -0.15) is 123 Å². The summed E-state index contributed by atoms with van der Waals surface area (Å²) >= 11 is 0.